The molecule has 0 spiro atoms. The summed E-state index contributed by atoms with van der Waals surface area (Å²) in [6.45, 7) is 0.563. The highest BCUT2D eigenvalue weighted by Gasteiger charge is 2.12. The number of ether oxygens (including phenoxy) is 1. The zero-order chi connectivity index (χ0) is 19.1. The summed E-state index contributed by atoms with van der Waals surface area (Å²) in [4.78, 5) is 28.6. The first-order valence-electron chi connectivity index (χ1n) is 8.33. The Morgan fingerprint density at radius 2 is 1.70 bits per heavy atom. The summed E-state index contributed by atoms with van der Waals surface area (Å²) >= 11 is 0. The molecule has 0 aliphatic heterocycles. The summed E-state index contributed by atoms with van der Waals surface area (Å²) in [7, 11) is 1.58. The van der Waals surface area contributed by atoms with Crippen LogP contribution in [0.2, 0.25) is 0 Å². The van der Waals surface area contributed by atoms with Gasteiger partial charge in [0, 0.05) is 24.5 Å². The first-order valence-corrected chi connectivity index (χ1v) is 8.33. The van der Waals surface area contributed by atoms with Gasteiger partial charge in [0.2, 0.25) is 0 Å². The van der Waals surface area contributed by atoms with E-state index in [1.165, 1.54) is 24.7 Å². The summed E-state index contributed by atoms with van der Waals surface area (Å²) in [5, 5.41) is 5.52. The van der Waals surface area contributed by atoms with Crippen LogP contribution in [-0.4, -0.2) is 23.9 Å². The van der Waals surface area contributed by atoms with Crippen LogP contribution in [-0.2, 0) is 13.1 Å². The molecule has 0 unspecified atom stereocenters. The second-order valence-corrected chi connectivity index (χ2v) is 5.72. The normalized spacial score (nSPS) is 10.3. The number of rotatable bonds is 7. The monoisotopic (exact) mass is 365 g/mol. The second-order valence-electron chi connectivity index (χ2n) is 5.72. The standard InChI is InChI=1S/C20H19N3O4/c1-26-18-7-3-2-5-14(18)12-22-19(24)15-9-16(11-21-10-15)20(25)23-13-17-6-4-8-27-17/h2-11H,12-13H2,1H3,(H,22,24)(H,23,25). The minimum Gasteiger partial charge on any atom is -0.496 e. The van der Waals surface area contributed by atoms with Crippen LogP contribution in [0.4, 0.5) is 0 Å². The van der Waals surface area contributed by atoms with Crippen molar-refractivity contribution in [1.82, 2.24) is 15.6 Å². The van der Waals surface area contributed by atoms with E-state index in [9.17, 15) is 9.59 Å². The molecule has 138 valence electrons. The first kappa shape index (κ1) is 18.2. The number of hydrogen-bond acceptors (Lipinski definition) is 5. The van der Waals surface area contributed by atoms with Gasteiger partial charge in [0.1, 0.15) is 11.5 Å². The van der Waals surface area contributed by atoms with Crippen molar-refractivity contribution < 1.29 is 18.7 Å². The van der Waals surface area contributed by atoms with Crippen molar-refractivity contribution in [2.45, 2.75) is 13.1 Å². The van der Waals surface area contributed by atoms with Crippen LogP contribution >= 0.6 is 0 Å². The van der Waals surface area contributed by atoms with E-state index in [4.69, 9.17) is 9.15 Å². The Morgan fingerprint density at radius 1 is 1.00 bits per heavy atom. The van der Waals surface area contributed by atoms with Gasteiger partial charge < -0.3 is 19.8 Å². The number of pyridine rings is 1. The van der Waals surface area contributed by atoms with Crippen LogP contribution in [0.15, 0.2) is 65.5 Å². The highest BCUT2D eigenvalue weighted by Crippen LogP contribution is 2.17. The van der Waals surface area contributed by atoms with E-state index in [1.807, 2.05) is 24.3 Å². The quantitative estimate of drug-likeness (QED) is 0.671. The van der Waals surface area contributed by atoms with Crippen molar-refractivity contribution in [2.75, 3.05) is 7.11 Å². The number of amides is 2. The Labute approximate surface area is 156 Å². The van der Waals surface area contributed by atoms with Crippen molar-refractivity contribution in [1.29, 1.82) is 0 Å². The highest BCUT2D eigenvalue weighted by atomic mass is 16.5. The molecule has 7 nitrogen and oxygen atoms in total. The van der Waals surface area contributed by atoms with Gasteiger partial charge in [-0.05, 0) is 24.3 Å². The molecule has 3 aromatic rings. The molecule has 0 saturated heterocycles. The molecule has 0 radical (unpaired) electrons. The average Bonchev–Trinajstić information content (AvgIpc) is 3.24. The Hall–Kier alpha value is -3.61. The van der Waals surface area contributed by atoms with E-state index in [0.717, 1.165) is 5.56 Å². The molecule has 0 atom stereocenters. The van der Waals surface area contributed by atoms with Crippen LogP contribution in [0.3, 0.4) is 0 Å². The molecule has 7 heteroatoms. The third-order valence-corrected chi connectivity index (χ3v) is 3.90. The number of carbonyl (C=O) groups is 2. The molecule has 2 N–H and O–H groups in total. The van der Waals surface area contributed by atoms with Gasteiger partial charge >= 0.3 is 0 Å². The summed E-state index contributed by atoms with van der Waals surface area (Å²) in [5.41, 5.74) is 1.45. The maximum Gasteiger partial charge on any atom is 0.253 e. The lowest BCUT2D eigenvalue weighted by Crippen LogP contribution is -2.25. The molecule has 0 fully saturated rings. The van der Waals surface area contributed by atoms with Crippen LogP contribution in [0, 0.1) is 0 Å². The van der Waals surface area contributed by atoms with Crippen molar-refractivity contribution >= 4 is 11.8 Å². The van der Waals surface area contributed by atoms with Gasteiger partial charge in [0.05, 0.1) is 31.0 Å². The molecule has 1 aromatic carbocycles. The van der Waals surface area contributed by atoms with Gasteiger partial charge in [-0.2, -0.15) is 0 Å². The molecular weight excluding hydrogens is 346 g/mol. The first-order chi connectivity index (χ1) is 13.2. The molecule has 3 rings (SSSR count). The van der Waals surface area contributed by atoms with Gasteiger partial charge in [0.25, 0.3) is 11.8 Å². The third-order valence-electron chi connectivity index (χ3n) is 3.90. The molecule has 2 amide bonds. The molecular formula is C20H19N3O4. The van der Waals surface area contributed by atoms with E-state index in [0.29, 0.717) is 29.2 Å². The molecule has 2 heterocycles. The Bertz CT molecular complexity index is 922. The number of furan rings is 1. The minimum absolute atomic E-state index is 0.260. The van der Waals surface area contributed by atoms with E-state index in [-0.39, 0.29) is 18.4 Å². The van der Waals surface area contributed by atoms with Crippen molar-refractivity contribution in [3.63, 3.8) is 0 Å². The summed E-state index contributed by atoms with van der Waals surface area (Å²) in [5.74, 6) is 0.677. The SMILES string of the molecule is COc1ccccc1CNC(=O)c1cncc(C(=O)NCc2ccco2)c1. The fourth-order valence-electron chi connectivity index (χ4n) is 2.50. The van der Waals surface area contributed by atoms with Gasteiger partial charge in [-0.1, -0.05) is 18.2 Å². The summed E-state index contributed by atoms with van der Waals surface area (Å²) in [6, 6.07) is 12.4. The smallest absolute Gasteiger partial charge is 0.253 e. The average molecular weight is 365 g/mol. The maximum atomic E-state index is 12.4. The summed E-state index contributed by atoms with van der Waals surface area (Å²) < 4.78 is 10.4. The zero-order valence-corrected chi connectivity index (χ0v) is 14.8. The van der Waals surface area contributed by atoms with Gasteiger partial charge in [-0.15, -0.1) is 0 Å². The number of methoxy groups -OCH3 is 1. The predicted molar refractivity (Wildman–Crippen MR) is 98.3 cm³/mol. The van der Waals surface area contributed by atoms with Gasteiger partial charge in [-0.3, -0.25) is 14.6 Å². The largest absolute Gasteiger partial charge is 0.496 e. The van der Waals surface area contributed by atoms with Gasteiger partial charge in [-0.25, -0.2) is 0 Å². The fourth-order valence-corrected chi connectivity index (χ4v) is 2.50. The zero-order valence-electron chi connectivity index (χ0n) is 14.8. The number of para-hydroxylation sites is 1. The molecule has 0 aliphatic rings. The van der Waals surface area contributed by atoms with E-state index < -0.39 is 0 Å². The minimum atomic E-state index is -0.335. The topological polar surface area (TPSA) is 93.5 Å². The molecule has 2 aromatic heterocycles. The Morgan fingerprint density at radius 3 is 2.37 bits per heavy atom. The number of benzene rings is 1. The predicted octanol–water partition coefficient (Wildman–Crippen LogP) is 2.54. The Kier molecular flexibility index (Phi) is 5.84. The van der Waals surface area contributed by atoms with E-state index >= 15 is 0 Å². The van der Waals surface area contributed by atoms with Crippen LogP contribution in [0.25, 0.3) is 0 Å². The lowest BCUT2D eigenvalue weighted by atomic mass is 10.1. The summed E-state index contributed by atoms with van der Waals surface area (Å²) in [6.07, 6.45) is 4.37. The van der Waals surface area contributed by atoms with Crippen molar-refractivity contribution in [2.24, 2.45) is 0 Å². The number of nitrogens with one attached hydrogen (secondary N) is 2. The van der Waals surface area contributed by atoms with Gasteiger partial charge in [0.15, 0.2) is 0 Å². The van der Waals surface area contributed by atoms with Crippen molar-refractivity contribution in [3.05, 3.63) is 83.6 Å². The molecule has 27 heavy (non-hydrogen) atoms. The lowest BCUT2D eigenvalue weighted by molar-refractivity contribution is 0.0947. The van der Waals surface area contributed by atoms with Crippen LogP contribution in [0.1, 0.15) is 32.0 Å². The Balaban J connectivity index is 1.62. The van der Waals surface area contributed by atoms with Crippen LogP contribution in [0.5, 0.6) is 5.75 Å². The fraction of sp³-hybridized carbons (Fsp3) is 0.150. The lowest BCUT2D eigenvalue weighted by Gasteiger charge is -2.10. The number of nitrogens with zero attached hydrogens (tertiary/aromatic N) is 1. The second kappa shape index (κ2) is 8.66. The number of hydrogen-bond donors (Lipinski definition) is 2. The maximum absolute atomic E-state index is 12.4. The highest BCUT2D eigenvalue weighted by molar-refractivity contribution is 5.99. The number of aromatic nitrogens is 1. The number of carbonyl (C=O) groups excluding carboxylic acids is 2. The van der Waals surface area contributed by atoms with E-state index in [1.54, 1.807) is 19.2 Å². The third kappa shape index (κ3) is 4.72. The molecule has 0 saturated carbocycles. The van der Waals surface area contributed by atoms with Crippen molar-refractivity contribution in [3.8, 4) is 5.75 Å². The molecule has 0 bridgehead atoms. The van der Waals surface area contributed by atoms with Crippen LogP contribution < -0.4 is 15.4 Å². The van der Waals surface area contributed by atoms with E-state index in [2.05, 4.69) is 15.6 Å². The molecule has 0 aliphatic carbocycles.